The number of nitrogens with zero attached hydrogens (tertiary/aromatic N) is 4. The molecule has 0 bridgehead atoms. The molecule has 2 aliphatic heterocycles. The Hall–Kier alpha value is -3.98. The monoisotopic (exact) mass is 638 g/mol. The Morgan fingerprint density at radius 1 is 0.545 bits per heavy atom. The summed E-state index contributed by atoms with van der Waals surface area (Å²) >= 11 is 0. The van der Waals surface area contributed by atoms with Crippen molar-refractivity contribution in [3.63, 3.8) is 0 Å². The normalized spacial score (nSPS) is 17.0. The van der Waals surface area contributed by atoms with Crippen LogP contribution in [0.15, 0.2) is 48.5 Å². The van der Waals surface area contributed by atoms with Crippen LogP contribution in [0.25, 0.3) is 0 Å². The molecule has 2 amide bonds. The van der Waals surface area contributed by atoms with E-state index in [1.165, 1.54) is 14.2 Å². The van der Waals surface area contributed by atoms with Crippen LogP contribution >= 0.6 is 0 Å². The summed E-state index contributed by atoms with van der Waals surface area (Å²) in [7, 11) is 2.76. The number of piperazine rings is 2. The largest absolute Gasteiger partial charge is 0.495 e. The number of rotatable bonds is 9. The molecule has 0 saturated carbocycles. The molecular weight excluding hydrogens is 608 g/mol. The van der Waals surface area contributed by atoms with Gasteiger partial charge in [0.05, 0.1) is 25.6 Å². The van der Waals surface area contributed by atoms with Crippen LogP contribution in [-0.4, -0.2) is 112 Å². The fourth-order valence-electron chi connectivity index (χ4n) is 5.14. The van der Waals surface area contributed by atoms with Gasteiger partial charge in [-0.05, 0) is 24.3 Å². The molecule has 8 nitrogen and oxygen atoms in total. The molecule has 2 saturated heterocycles. The van der Waals surface area contributed by atoms with Crippen LogP contribution in [-0.2, 0) is 9.59 Å². The zero-order valence-corrected chi connectivity index (χ0v) is 23.7. The third kappa shape index (κ3) is 5.54. The van der Waals surface area contributed by atoms with E-state index in [9.17, 15) is 44.7 Å². The number of amides is 2. The topological polar surface area (TPSA) is 65.6 Å². The van der Waals surface area contributed by atoms with Crippen LogP contribution in [0, 0.1) is 0 Å². The van der Waals surface area contributed by atoms with Crippen molar-refractivity contribution in [2.24, 2.45) is 0 Å². The van der Waals surface area contributed by atoms with Gasteiger partial charge in [0, 0.05) is 52.4 Å². The maximum Gasteiger partial charge on any atom is 0.392 e. The molecule has 0 atom stereocenters. The lowest BCUT2D eigenvalue weighted by Gasteiger charge is -2.42. The van der Waals surface area contributed by atoms with Crippen molar-refractivity contribution in [2.45, 2.75) is 23.7 Å². The molecule has 2 aromatic rings. The molecule has 0 aliphatic carbocycles. The minimum atomic E-state index is -6.92. The second kappa shape index (κ2) is 12.2. The van der Waals surface area contributed by atoms with E-state index in [1.54, 1.807) is 58.3 Å². The molecule has 0 unspecified atom stereocenters. The van der Waals surface area contributed by atoms with E-state index in [-0.39, 0.29) is 36.0 Å². The van der Waals surface area contributed by atoms with Gasteiger partial charge in [0.1, 0.15) is 11.5 Å². The minimum absolute atomic E-state index is 0.167. The van der Waals surface area contributed by atoms with Gasteiger partial charge in [-0.15, -0.1) is 0 Å². The van der Waals surface area contributed by atoms with Crippen LogP contribution in [0.3, 0.4) is 0 Å². The van der Waals surface area contributed by atoms with E-state index in [0.29, 0.717) is 22.9 Å². The number of halogens is 8. The van der Waals surface area contributed by atoms with Gasteiger partial charge in [-0.25, -0.2) is 0 Å². The zero-order valence-electron chi connectivity index (χ0n) is 23.7. The van der Waals surface area contributed by atoms with Crippen LogP contribution in [0.5, 0.6) is 11.5 Å². The summed E-state index contributed by atoms with van der Waals surface area (Å²) in [5, 5.41) is 0. The van der Waals surface area contributed by atoms with Crippen molar-refractivity contribution in [1.82, 2.24) is 9.80 Å². The number of methoxy groups -OCH3 is 2. The molecule has 16 heteroatoms. The third-order valence-electron chi connectivity index (χ3n) is 7.71. The lowest BCUT2D eigenvalue weighted by atomic mass is 9.96. The number of alkyl halides is 8. The Labute approximate surface area is 247 Å². The predicted octanol–water partition coefficient (Wildman–Crippen LogP) is 4.24. The summed E-state index contributed by atoms with van der Waals surface area (Å²) < 4.78 is 129. The first-order chi connectivity index (χ1) is 20.6. The SMILES string of the molecule is COc1ccccc1N1CCN(C(=O)C(F)(F)C(F)(F)C(F)(F)C(F)(F)C(=O)N2CCN(c3ccccc3OC)CC2)CC1. The summed E-state index contributed by atoms with van der Waals surface area (Å²) in [4.78, 5) is 28.5. The maximum atomic E-state index is 14.8. The highest BCUT2D eigenvalue weighted by Gasteiger charge is 2.85. The first-order valence-electron chi connectivity index (χ1n) is 13.5. The molecular formula is C28H30F8N4O4. The fourth-order valence-corrected chi connectivity index (χ4v) is 5.14. The highest BCUT2D eigenvalue weighted by atomic mass is 19.4. The summed E-state index contributed by atoms with van der Waals surface area (Å²) in [5.74, 6) is -31.1. The predicted molar refractivity (Wildman–Crippen MR) is 143 cm³/mol. The van der Waals surface area contributed by atoms with Crippen molar-refractivity contribution < 1.29 is 54.2 Å². The number of para-hydroxylation sites is 4. The Kier molecular flexibility index (Phi) is 9.12. The third-order valence-corrected chi connectivity index (χ3v) is 7.71. The Balaban J connectivity index is 1.45. The van der Waals surface area contributed by atoms with Crippen molar-refractivity contribution >= 4 is 23.2 Å². The first-order valence-corrected chi connectivity index (χ1v) is 13.5. The quantitative estimate of drug-likeness (QED) is 0.383. The Morgan fingerprint density at radius 2 is 0.841 bits per heavy atom. The van der Waals surface area contributed by atoms with Crippen molar-refractivity contribution in [3.05, 3.63) is 48.5 Å². The molecule has 2 fully saturated rings. The molecule has 44 heavy (non-hydrogen) atoms. The molecule has 2 aliphatic rings. The minimum Gasteiger partial charge on any atom is -0.495 e. The van der Waals surface area contributed by atoms with Crippen molar-refractivity contribution in [1.29, 1.82) is 0 Å². The molecule has 0 aromatic heterocycles. The zero-order chi connectivity index (χ0) is 32.5. The van der Waals surface area contributed by atoms with Gasteiger partial charge in [0.25, 0.3) is 11.8 Å². The number of hydrogen-bond donors (Lipinski definition) is 0. The molecule has 4 rings (SSSR count). The number of ether oxygens (including phenoxy) is 2. The highest BCUT2D eigenvalue weighted by molar-refractivity contribution is 5.88. The van der Waals surface area contributed by atoms with E-state index in [4.69, 9.17) is 9.47 Å². The molecule has 0 radical (unpaired) electrons. The van der Waals surface area contributed by atoms with Gasteiger partial charge in [-0.3, -0.25) is 9.59 Å². The second-order valence-corrected chi connectivity index (χ2v) is 10.2. The van der Waals surface area contributed by atoms with Gasteiger partial charge >= 0.3 is 23.7 Å². The van der Waals surface area contributed by atoms with Crippen molar-refractivity contribution in [2.75, 3.05) is 76.4 Å². The second-order valence-electron chi connectivity index (χ2n) is 10.2. The van der Waals surface area contributed by atoms with Crippen molar-refractivity contribution in [3.8, 4) is 11.5 Å². The average molecular weight is 639 g/mol. The molecule has 2 heterocycles. The number of anilines is 2. The lowest BCUT2D eigenvalue weighted by Crippen LogP contribution is -2.70. The molecule has 0 N–H and O–H groups in total. The van der Waals surface area contributed by atoms with E-state index in [1.807, 2.05) is 0 Å². The standard InChI is InChI=1S/C28H30F8N4O4/c1-43-21-9-5-3-7-19(21)37-11-15-39(16-12-37)23(41)25(29,30)27(33,34)28(35,36)26(31,32)24(42)40-17-13-38(14-18-40)20-8-4-6-10-22(20)44-2/h3-10H,11-18H2,1-2H3. The number of carbonyl (C=O) groups is 2. The average Bonchev–Trinajstić information content (AvgIpc) is 3.03. The Bertz CT molecular complexity index is 1240. The first kappa shape index (κ1) is 32.9. The lowest BCUT2D eigenvalue weighted by molar-refractivity contribution is -0.350. The number of hydrogen-bond acceptors (Lipinski definition) is 6. The smallest absolute Gasteiger partial charge is 0.392 e. The van der Waals surface area contributed by atoms with E-state index in [2.05, 4.69) is 0 Å². The molecule has 0 spiro atoms. The van der Waals surface area contributed by atoms with E-state index in [0.717, 1.165) is 0 Å². The van der Waals surface area contributed by atoms with Gasteiger partial charge in [0.2, 0.25) is 0 Å². The number of benzene rings is 2. The molecule has 2 aromatic carbocycles. The summed E-state index contributed by atoms with van der Waals surface area (Å²) in [6.45, 7) is -3.06. The van der Waals surface area contributed by atoms with Crippen LogP contribution in [0.2, 0.25) is 0 Å². The summed E-state index contributed by atoms with van der Waals surface area (Å²) in [5.41, 5.74) is 1.01. The number of carbonyl (C=O) groups excluding carboxylic acids is 2. The van der Waals surface area contributed by atoms with Gasteiger partial charge in [-0.2, -0.15) is 35.1 Å². The fraction of sp³-hybridized carbons (Fsp3) is 0.500. The molecule has 242 valence electrons. The van der Waals surface area contributed by atoms with Crippen LogP contribution < -0.4 is 19.3 Å². The van der Waals surface area contributed by atoms with Crippen LogP contribution in [0.4, 0.5) is 46.5 Å². The summed E-state index contributed by atoms with van der Waals surface area (Å²) in [6.07, 6.45) is 0. The van der Waals surface area contributed by atoms with Gasteiger partial charge in [0.15, 0.2) is 0 Å². The van der Waals surface area contributed by atoms with Crippen LogP contribution in [0.1, 0.15) is 0 Å². The Morgan fingerprint density at radius 3 is 1.14 bits per heavy atom. The van der Waals surface area contributed by atoms with E-state index < -0.39 is 61.7 Å². The van der Waals surface area contributed by atoms with Gasteiger partial charge in [-0.1, -0.05) is 24.3 Å². The van der Waals surface area contributed by atoms with E-state index >= 15 is 0 Å². The summed E-state index contributed by atoms with van der Waals surface area (Å²) in [6, 6.07) is 13.1. The maximum absolute atomic E-state index is 14.8. The highest BCUT2D eigenvalue weighted by Crippen LogP contribution is 2.53. The van der Waals surface area contributed by atoms with Gasteiger partial charge < -0.3 is 29.1 Å².